The van der Waals surface area contributed by atoms with E-state index in [4.69, 9.17) is 18.9 Å². The van der Waals surface area contributed by atoms with Crippen molar-refractivity contribution in [1.29, 1.82) is 0 Å². The third-order valence-corrected chi connectivity index (χ3v) is 7.31. The Labute approximate surface area is 233 Å². The van der Waals surface area contributed by atoms with Gasteiger partial charge in [-0.15, -0.1) is 0 Å². The molecule has 1 atom stereocenters. The fraction of sp³-hybridized carbons (Fsp3) is 0.312. The topological polar surface area (TPSA) is 74.7 Å². The summed E-state index contributed by atoms with van der Waals surface area (Å²) in [6, 6.07) is 24.6. The van der Waals surface area contributed by atoms with Crippen LogP contribution in [0.3, 0.4) is 0 Å². The normalized spacial score (nSPS) is 18.1. The monoisotopic (exact) mass is 541 g/mol. The van der Waals surface area contributed by atoms with E-state index in [9.17, 15) is 0 Å². The van der Waals surface area contributed by atoms with Gasteiger partial charge in [0.05, 0.1) is 12.2 Å². The number of nitrogens with one attached hydrogen (secondary N) is 1. The van der Waals surface area contributed by atoms with Crippen LogP contribution in [0.1, 0.15) is 41.3 Å². The van der Waals surface area contributed by atoms with Gasteiger partial charge in [-0.1, -0.05) is 60.7 Å². The summed E-state index contributed by atoms with van der Waals surface area (Å²) >= 11 is 0. The number of nitrogens with zero attached hydrogens (tertiary/aromatic N) is 2. The van der Waals surface area contributed by atoms with Crippen LogP contribution in [0.2, 0.25) is 0 Å². The summed E-state index contributed by atoms with van der Waals surface area (Å²) in [5.74, 6) is -0.440. The van der Waals surface area contributed by atoms with Gasteiger partial charge in [0.2, 0.25) is 11.8 Å². The Kier molecular flexibility index (Phi) is 7.73. The molecule has 2 aliphatic heterocycles. The van der Waals surface area contributed by atoms with Crippen molar-refractivity contribution in [3.63, 3.8) is 0 Å². The Morgan fingerprint density at radius 1 is 0.900 bits per heavy atom. The summed E-state index contributed by atoms with van der Waals surface area (Å²) in [6.07, 6.45) is 1.17. The molecule has 7 nitrogen and oxygen atoms in total. The number of hydrogen-bond donors (Lipinski definition) is 1. The van der Waals surface area contributed by atoms with Crippen molar-refractivity contribution >= 4 is 0 Å². The number of rotatable bonds is 8. The average Bonchev–Trinajstić information content (AvgIpc) is 3.40. The van der Waals surface area contributed by atoms with Crippen LogP contribution in [0.25, 0.3) is 11.3 Å². The van der Waals surface area contributed by atoms with Crippen molar-refractivity contribution in [2.24, 2.45) is 0 Å². The van der Waals surface area contributed by atoms with E-state index in [2.05, 4.69) is 15.3 Å². The molecule has 0 bridgehead atoms. The minimum atomic E-state index is -0.602. The van der Waals surface area contributed by atoms with E-state index in [1.807, 2.05) is 67.6 Å². The number of pyridine rings is 2. The molecule has 4 heterocycles. The second-order valence-electron chi connectivity index (χ2n) is 10.1. The van der Waals surface area contributed by atoms with Gasteiger partial charge < -0.3 is 24.3 Å². The van der Waals surface area contributed by atoms with Gasteiger partial charge in [0, 0.05) is 43.3 Å². The first-order valence-electron chi connectivity index (χ1n) is 13.6. The predicted molar refractivity (Wildman–Crippen MR) is 148 cm³/mol. The Balaban J connectivity index is 1.27. The lowest BCUT2D eigenvalue weighted by atomic mass is 10.0. The van der Waals surface area contributed by atoms with Crippen LogP contribution in [0, 0.1) is 12.7 Å². The number of aromatic nitrogens is 2. The lowest BCUT2D eigenvalue weighted by Gasteiger charge is -2.32. The van der Waals surface area contributed by atoms with E-state index in [0.29, 0.717) is 35.9 Å². The van der Waals surface area contributed by atoms with Crippen molar-refractivity contribution in [2.75, 3.05) is 19.7 Å². The molecule has 2 saturated heterocycles. The Bertz CT molecular complexity index is 1450. The first kappa shape index (κ1) is 26.4. The first-order chi connectivity index (χ1) is 19.6. The summed E-state index contributed by atoms with van der Waals surface area (Å²) in [6.45, 7) is 4.53. The molecular weight excluding hydrogens is 509 g/mol. The highest BCUT2D eigenvalue weighted by atomic mass is 19.1. The van der Waals surface area contributed by atoms with Crippen LogP contribution in [-0.2, 0) is 22.7 Å². The molecule has 0 radical (unpaired) electrons. The van der Waals surface area contributed by atoms with Crippen molar-refractivity contribution in [3.05, 3.63) is 107 Å². The number of hydrogen-bond acceptors (Lipinski definition) is 7. The van der Waals surface area contributed by atoms with Crippen LogP contribution < -0.4 is 14.8 Å². The Morgan fingerprint density at radius 2 is 1.57 bits per heavy atom. The molecule has 1 N–H and O–H groups in total. The molecule has 8 heteroatoms. The van der Waals surface area contributed by atoms with Crippen molar-refractivity contribution < 1.29 is 23.3 Å². The fourth-order valence-corrected chi connectivity index (χ4v) is 5.14. The zero-order valence-corrected chi connectivity index (χ0v) is 22.4. The molecule has 2 aromatic carbocycles. The van der Waals surface area contributed by atoms with Gasteiger partial charge in [-0.05, 0) is 30.2 Å². The van der Waals surface area contributed by atoms with Crippen LogP contribution in [-0.4, -0.2) is 35.5 Å². The summed E-state index contributed by atoms with van der Waals surface area (Å²) in [5.41, 5.74) is 3.98. The predicted octanol–water partition coefficient (Wildman–Crippen LogP) is 5.92. The number of piperidine rings is 1. The van der Waals surface area contributed by atoms with Gasteiger partial charge in [-0.2, -0.15) is 4.98 Å². The summed E-state index contributed by atoms with van der Waals surface area (Å²) in [4.78, 5) is 9.28. The van der Waals surface area contributed by atoms with Crippen molar-refractivity contribution in [2.45, 2.75) is 44.9 Å². The Hall–Kier alpha value is -3.85. The zero-order chi connectivity index (χ0) is 27.4. The van der Waals surface area contributed by atoms with Gasteiger partial charge in [-0.25, -0.2) is 9.37 Å². The van der Waals surface area contributed by atoms with Gasteiger partial charge in [0.15, 0.2) is 5.79 Å². The summed E-state index contributed by atoms with van der Waals surface area (Å²) in [7, 11) is 0. The van der Waals surface area contributed by atoms with E-state index < -0.39 is 11.6 Å². The number of benzene rings is 2. The van der Waals surface area contributed by atoms with Gasteiger partial charge in [-0.3, -0.25) is 0 Å². The van der Waals surface area contributed by atoms with Crippen LogP contribution in [0.4, 0.5) is 4.39 Å². The van der Waals surface area contributed by atoms with E-state index in [1.165, 1.54) is 6.07 Å². The minimum absolute atomic E-state index is 0.168. The van der Waals surface area contributed by atoms with E-state index >= 15 is 4.39 Å². The third-order valence-electron chi connectivity index (χ3n) is 7.31. The molecule has 40 heavy (non-hydrogen) atoms. The minimum Gasteiger partial charge on any atom is -0.473 e. The highest BCUT2D eigenvalue weighted by molar-refractivity contribution is 5.66. The number of ether oxygens (including phenoxy) is 4. The Morgan fingerprint density at radius 3 is 2.27 bits per heavy atom. The van der Waals surface area contributed by atoms with Crippen LogP contribution >= 0.6 is 0 Å². The maximum absolute atomic E-state index is 15.7. The second kappa shape index (κ2) is 11.7. The van der Waals surface area contributed by atoms with Crippen LogP contribution in [0.5, 0.6) is 11.8 Å². The molecule has 1 unspecified atom stereocenters. The molecule has 2 aromatic heterocycles. The molecule has 4 aromatic rings. The van der Waals surface area contributed by atoms with Crippen molar-refractivity contribution in [3.8, 4) is 23.0 Å². The lowest BCUT2D eigenvalue weighted by Crippen LogP contribution is -2.42. The largest absolute Gasteiger partial charge is 0.473 e. The highest BCUT2D eigenvalue weighted by Gasteiger charge is 2.43. The second-order valence-corrected chi connectivity index (χ2v) is 10.1. The van der Waals surface area contributed by atoms with E-state index in [-0.39, 0.29) is 24.3 Å². The molecule has 0 saturated carbocycles. The molecule has 6 rings (SSSR count). The SMILES string of the molecule is Cc1nc(-c2ccc(OCc3ccccc3)nc2OCc2ccccc2)c(F)cc1C1COC2(CCNCC2)O1. The maximum Gasteiger partial charge on any atom is 0.226 e. The van der Waals surface area contributed by atoms with E-state index in [1.54, 1.807) is 12.1 Å². The summed E-state index contributed by atoms with van der Waals surface area (Å²) < 4.78 is 40.2. The lowest BCUT2D eigenvalue weighted by molar-refractivity contribution is -0.183. The molecular formula is C32H32FN3O4. The molecule has 1 spiro atoms. The van der Waals surface area contributed by atoms with Gasteiger partial charge >= 0.3 is 0 Å². The quantitative estimate of drug-likeness (QED) is 0.297. The third kappa shape index (κ3) is 5.84. The standard InChI is InChI=1S/C32H32FN3O4/c1-22-26(28-21-39-32(40-28)14-16-34-17-15-32)18-27(33)30(35-22)25-12-13-29(37-19-23-8-4-2-5-9-23)36-31(25)38-20-24-10-6-3-7-11-24/h2-13,18,28,34H,14-17,19-21H2,1H3. The van der Waals surface area contributed by atoms with Gasteiger partial charge in [0.25, 0.3) is 0 Å². The highest BCUT2D eigenvalue weighted by Crippen LogP contribution is 2.41. The van der Waals surface area contributed by atoms with Crippen molar-refractivity contribution in [1.82, 2.24) is 15.3 Å². The summed E-state index contributed by atoms with van der Waals surface area (Å²) in [5, 5.41) is 3.32. The van der Waals surface area contributed by atoms with E-state index in [0.717, 1.165) is 37.1 Å². The van der Waals surface area contributed by atoms with Gasteiger partial charge in [0.1, 0.15) is 30.8 Å². The zero-order valence-electron chi connectivity index (χ0n) is 22.4. The molecule has 2 aliphatic rings. The fourth-order valence-electron chi connectivity index (χ4n) is 5.14. The number of aryl methyl sites for hydroxylation is 1. The first-order valence-corrected chi connectivity index (χ1v) is 13.6. The molecule has 0 amide bonds. The molecule has 2 fully saturated rings. The molecule has 0 aliphatic carbocycles. The molecule has 206 valence electrons. The number of halogens is 1. The smallest absolute Gasteiger partial charge is 0.226 e. The van der Waals surface area contributed by atoms with Crippen LogP contribution in [0.15, 0.2) is 78.9 Å². The maximum atomic E-state index is 15.7. The average molecular weight is 542 g/mol.